The van der Waals surface area contributed by atoms with E-state index in [2.05, 4.69) is 15.0 Å². The van der Waals surface area contributed by atoms with Gasteiger partial charge in [-0.25, -0.2) is 23.5 Å². The summed E-state index contributed by atoms with van der Waals surface area (Å²) in [4.78, 5) is 12.6. The number of halogens is 1. The van der Waals surface area contributed by atoms with Gasteiger partial charge in [-0.1, -0.05) is 23.7 Å². The van der Waals surface area contributed by atoms with Crippen molar-refractivity contribution in [3.05, 3.63) is 47.7 Å². The van der Waals surface area contributed by atoms with Crippen molar-refractivity contribution < 1.29 is 8.42 Å². The molecule has 0 spiro atoms. The van der Waals surface area contributed by atoms with E-state index >= 15 is 0 Å². The van der Waals surface area contributed by atoms with Crippen LogP contribution in [0.4, 0.5) is 0 Å². The number of rotatable bonds is 2. The topological polar surface area (TPSA) is 98.8 Å². The highest BCUT2D eigenvalue weighted by atomic mass is 35.5. The SMILES string of the molecule is NS(=O)(=O)c1ccc(-c2nc3ccccc3nc2Cl)nc1. The van der Waals surface area contributed by atoms with Gasteiger partial charge in [0.1, 0.15) is 10.6 Å². The smallest absolute Gasteiger partial charge is 0.239 e. The minimum absolute atomic E-state index is 0.0730. The molecule has 21 heavy (non-hydrogen) atoms. The van der Waals surface area contributed by atoms with E-state index in [0.717, 1.165) is 6.20 Å². The molecular formula is C13H9ClN4O2S. The molecule has 2 aromatic heterocycles. The molecule has 0 amide bonds. The first-order valence-corrected chi connectivity index (χ1v) is 7.79. The third-order valence-electron chi connectivity index (χ3n) is 2.84. The van der Waals surface area contributed by atoms with Gasteiger partial charge in [-0.3, -0.25) is 4.98 Å². The van der Waals surface area contributed by atoms with Gasteiger partial charge in [0.2, 0.25) is 10.0 Å². The minimum Gasteiger partial charge on any atom is -0.253 e. The van der Waals surface area contributed by atoms with Crippen molar-refractivity contribution in [3.63, 3.8) is 0 Å². The molecule has 0 aliphatic heterocycles. The van der Waals surface area contributed by atoms with Gasteiger partial charge in [0, 0.05) is 6.20 Å². The van der Waals surface area contributed by atoms with Crippen molar-refractivity contribution in [3.8, 4) is 11.4 Å². The Morgan fingerprint density at radius 1 is 1.00 bits per heavy atom. The van der Waals surface area contributed by atoms with Crippen LogP contribution in [-0.4, -0.2) is 23.4 Å². The van der Waals surface area contributed by atoms with E-state index in [4.69, 9.17) is 16.7 Å². The van der Waals surface area contributed by atoms with Gasteiger partial charge in [0.25, 0.3) is 0 Å². The second-order valence-corrected chi connectivity index (χ2v) is 6.20. The number of para-hydroxylation sites is 2. The standard InChI is InChI=1S/C13H9ClN4O2S/c14-13-12(17-9-3-1-2-4-10(9)18-13)11-6-5-8(7-16-11)21(15,19)20/h1-7H,(H2,15,19,20). The van der Waals surface area contributed by atoms with Crippen LogP contribution in [0, 0.1) is 0 Å². The Morgan fingerprint density at radius 3 is 2.24 bits per heavy atom. The molecule has 0 radical (unpaired) electrons. The first-order valence-electron chi connectivity index (χ1n) is 5.87. The molecule has 0 unspecified atom stereocenters. The zero-order valence-electron chi connectivity index (χ0n) is 10.6. The lowest BCUT2D eigenvalue weighted by atomic mass is 10.2. The molecule has 3 rings (SSSR count). The Balaban J connectivity index is 2.14. The normalized spacial score (nSPS) is 11.7. The number of primary sulfonamides is 1. The van der Waals surface area contributed by atoms with Crippen LogP contribution in [0.25, 0.3) is 22.4 Å². The maximum atomic E-state index is 11.2. The van der Waals surface area contributed by atoms with E-state index in [1.807, 2.05) is 12.1 Å². The number of sulfonamides is 1. The molecule has 1 aromatic carbocycles. The van der Waals surface area contributed by atoms with Crippen LogP contribution in [0.5, 0.6) is 0 Å². The summed E-state index contributed by atoms with van der Waals surface area (Å²) in [5.74, 6) is 0. The largest absolute Gasteiger partial charge is 0.253 e. The number of hydrogen-bond donors (Lipinski definition) is 1. The monoisotopic (exact) mass is 320 g/mol. The molecule has 0 aliphatic carbocycles. The Labute approximate surface area is 125 Å². The molecule has 2 N–H and O–H groups in total. The van der Waals surface area contributed by atoms with Crippen molar-refractivity contribution >= 4 is 32.7 Å². The number of benzene rings is 1. The Hall–Kier alpha value is -2.09. The van der Waals surface area contributed by atoms with E-state index in [-0.39, 0.29) is 10.0 Å². The first-order chi connectivity index (χ1) is 9.95. The summed E-state index contributed by atoms with van der Waals surface area (Å²) in [5, 5.41) is 5.23. The quantitative estimate of drug-likeness (QED) is 0.778. The van der Waals surface area contributed by atoms with Crippen molar-refractivity contribution in [1.29, 1.82) is 0 Å². The molecule has 0 saturated heterocycles. The zero-order chi connectivity index (χ0) is 15.0. The molecule has 2 heterocycles. The Kier molecular flexibility index (Phi) is 3.32. The third-order valence-corrected chi connectivity index (χ3v) is 4.00. The minimum atomic E-state index is -3.78. The van der Waals surface area contributed by atoms with E-state index in [9.17, 15) is 8.42 Å². The second-order valence-electron chi connectivity index (χ2n) is 4.28. The van der Waals surface area contributed by atoms with E-state index in [0.29, 0.717) is 22.4 Å². The van der Waals surface area contributed by atoms with Crippen LogP contribution in [0.1, 0.15) is 0 Å². The van der Waals surface area contributed by atoms with Crippen LogP contribution < -0.4 is 5.14 Å². The fraction of sp³-hybridized carbons (Fsp3) is 0. The highest BCUT2D eigenvalue weighted by Gasteiger charge is 2.13. The number of nitrogens with zero attached hydrogens (tertiary/aromatic N) is 3. The zero-order valence-corrected chi connectivity index (χ0v) is 12.1. The van der Waals surface area contributed by atoms with E-state index in [1.165, 1.54) is 12.1 Å². The molecule has 0 atom stereocenters. The summed E-state index contributed by atoms with van der Waals surface area (Å²) < 4.78 is 22.4. The van der Waals surface area contributed by atoms with Gasteiger partial charge < -0.3 is 0 Å². The molecule has 0 fully saturated rings. The van der Waals surface area contributed by atoms with Crippen LogP contribution in [0.3, 0.4) is 0 Å². The van der Waals surface area contributed by atoms with Gasteiger partial charge >= 0.3 is 0 Å². The molecule has 0 aliphatic rings. The third kappa shape index (κ3) is 2.71. The van der Waals surface area contributed by atoms with Crippen molar-refractivity contribution in [2.45, 2.75) is 4.90 Å². The van der Waals surface area contributed by atoms with Crippen molar-refractivity contribution in [2.24, 2.45) is 5.14 Å². The number of fused-ring (bicyclic) bond motifs is 1. The lowest BCUT2D eigenvalue weighted by Gasteiger charge is -2.05. The maximum Gasteiger partial charge on any atom is 0.239 e. The number of hydrogen-bond acceptors (Lipinski definition) is 5. The highest BCUT2D eigenvalue weighted by Crippen LogP contribution is 2.25. The Morgan fingerprint density at radius 2 is 1.67 bits per heavy atom. The van der Waals surface area contributed by atoms with Gasteiger partial charge in [0.15, 0.2) is 5.15 Å². The number of pyridine rings is 1. The molecular weight excluding hydrogens is 312 g/mol. The summed E-state index contributed by atoms with van der Waals surface area (Å²) in [6, 6.07) is 10.1. The van der Waals surface area contributed by atoms with Crippen LogP contribution in [0.15, 0.2) is 47.5 Å². The van der Waals surface area contributed by atoms with Crippen LogP contribution >= 0.6 is 11.6 Å². The van der Waals surface area contributed by atoms with Crippen molar-refractivity contribution in [1.82, 2.24) is 15.0 Å². The fourth-order valence-corrected chi connectivity index (χ4v) is 2.52. The average Bonchev–Trinajstić information content (AvgIpc) is 2.46. The summed E-state index contributed by atoms with van der Waals surface area (Å²) in [6.07, 6.45) is 1.16. The molecule has 8 heteroatoms. The average molecular weight is 321 g/mol. The predicted octanol–water partition coefficient (Wildman–Crippen LogP) is 1.99. The first kappa shape index (κ1) is 13.9. The second kappa shape index (κ2) is 5.03. The van der Waals surface area contributed by atoms with Gasteiger partial charge in [-0.15, -0.1) is 0 Å². The highest BCUT2D eigenvalue weighted by molar-refractivity contribution is 7.89. The summed E-state index contributed by atoms with van der Waals surface area (Å²) in [6.45, 7) is 0. The van der Waals surface area contributed by atoms with E-state index in [1.54, 1.807) is 12.1 Å². The lowest BCUT2D eigenvalue weighted by Crippen LogP contribution is -2.12. The van der Waals surface area contributed by atoms with Crippen LogP contribution in [-0.2, 0) is 10.0 Å². The van der Waals surface area contributed by atoms with Crippen LogP contribution in [0.2, 0.25) is 5.15 Å². The fourth-order valence-electron chi connectivity index (χ4n) is 1.83. The van der Waals surface area contributed by atoms with E-state index < -0.39 is 10.0 Å². The number of nitrogens with two attached hydrogens (primary N) is 1. The predicted molar refractivity (Wildman–Crippen MR) is 79.2 cm³/mol. The molecule has 0 saturated carbocycles. The van der Waals surface area contributed by atoms with Crippen molar-refractivity contribution in [2.75, 3.05) is 0 Å². The molecule has 3 aromatic rings. The summed E-state index contributed by atoms with van der Waals surface area (Å²) in [7, 11) is -3.78. The molecule has 106 valence electrons. The maximum absolute atomic E-state index is 11.2. The lowest BCUT2D eigenvalue weighted by molar-refractivity contribution is 0.597. The Bertz CT molecular complexity index is 927. The summed E-state index contributed by atoms with van der Waals surface area (Å²) in [5.41, 5.74) is 2.16. The van der Waals surface area contributed by atoms with Gasteiger partial charge in [0.05, 0.1) is 16.7 Å². The number of aromatic nitrogens is 3. The van der Waals surface area contributed by atoms with Gasteiger partial charge in [-0.05, 0) is 24.3 Å². The molecule has 0 bridgehead atoms. The van der Waals surface area contributed by atoms with Gasteiger partial charge in [-0.2, -0.15) is 0 Å². The summed E-state index contributed by atoms with van der Waals surface area (Å²) >= 11 is 6.11. The molecule has 6 nitrogen and oxygen atoms in total.